The molecule has 1 saturated heterocycles. The van der Waals surface area contributed by atoms with E-state index in [0.29, 0.717) is 31.0 Å². The molecule has 1 aliphatic rings. The number of nitrogens with one attached hydrogen (secondary N) is 2. The number of hydrogen-bond donors (Lipinski definition) is 2. The first-order valence-corrected chi connectivity index (χ1v) is 10.4. The van der Waals surface area contributed by atoms with E-state index in [0.717, 1.165) is 24.2 Å². The minimum atomic E-state index is -0.432. The van der Waals surface area contributed by atoms with Crippen molar-refractivity contribution in [3.8, 4) is 5.75 Å². The molecule has 2 N–H and O–H groups in total. The number of ether oxygens (including phenoxy) is 2. The van der Waals surface area contributed by atoms with Crippen molar-refractivity contribution in [1.82, 2.24) is 10.6 Å². The van der Waals surface area contributed by atoms with Crippen LogP contribution in [0.4, 0.5) is 0 Å². The summed E-state index contributed by atoms with van der Waals surface area (Å²) in [5.41, 5.74) is 0.947. The van der Waals surface area contributed by atoms with Gasteiger partial charge in [0.1, 0.15) is 5.75 Å². The van der Waals surface area contributed by atoms with Crippen LogP contribution in [0.25, 0.3) is 0 Å². The molecule has 1 aliphatic heterocycles. The molecule has 2 aromatic rings. The minimum Gasteiger partial charge on any atom is -0.494 e. The van der Waals surface area contributed by atoms with Crippen LogP contribution in [0.1, 0.15) is 35.9 Å². The van der Waals surface area contributed by atoms with E-state index in [-0.39, 0.29) is 23.6 Å². The van der Waals surface area contributed by atoms with Gasteiger partial charge in [-0.3, -0.25) is 9.59 Å². The molecular weight excluding hydrogens is 440 g/mol. The summed E-state index contributed by atoms with van der Waals surface area (Å²) >= 11 is 3.15. The number of carbonyl (C=O) groups is 2. The number of rotatable bonds is 8. The van der Waals surface area contributed by atoms with E-state index >= 15 is 0 Å². The summed E-state index contributed by atoms with van der Waals surface area (Å²) in [4.78, 5) is 24.3. The van der Waals surface area contributed by atoms with Gasteiger partial charge in [0, 0.05) is 25.2 Å². The maximum absolute atomic E-state index is 12.3. The topological polar surface area (TPSA) is 89.8 Å². The molecule has 0 atom stereocenters. The van der Waals surface area contributed by atoms with E-state index < -0.39 is 5.91 Å². The number of carbonyl (C=O) groups excluding carboxylic acids is 2. The highest BCUT2D eigenvalue weighted by Gasteiger charge is 2.35. The van der Waals surface area contributed by atoms with E-state index in [1.807, 2.05) is 19.1 Å². The van der Waals surface area contributed by atoms with Crippen LogP contribution in [0.15, 0.2) is 45.5 Å². The van der Waals surface area contributed by atoms with Crippen molar-refractivity contribution in [3.05, 3.63) is 52.4 Å². The van der Waals surface area contributed by atoms with Gasteiger partial charge >= 0.3 is 0 Å². The Balaban J connectivity index is 1.58. The van der Waals surface area contributed by atoms with Gasteiger partial charge in [0.2, 0.25) is 5.91 Å². The lowest BCUT2D eigenvalue weighted by molar-refractivity contribution is -0.120. The Morgan fingerprint density at radius 3 is 2.45 bits per heavy atom. The molecule has 0 bridgehead atoms. The first kappa shape index (κ1) is 21.4. The molecule has 29 heavy (non-hydrogen) atoms. The first-order valence-electron chi connectivity index (χ1n) is 9.64. The van der Waals surface area contributed by atoms with Gasteiger partial charge in [0.25, 0.3) is 5.91 Å². The molecule has 0 spiro atoms. The van der Waals surface area contributed by atoms with Crippen molar-refractivity contribution in [2.24, 2.45) is 0 Å². The summed E-state index contributed by atoms with van der Waals surface area (Å²) in [6.07, 6.45) is 1.63. The molecule has 8 heteroatoms. The van der Waals surface area contributed by atoms with Gasteiger partial charge in [-0.2, -0.15) is 0 Å². The van der Waals surface area contributed by atoms with Crippen molar-refractivity contribution >= 4 is 27.7 Å². The van der Waals surface area contributed by atoms with Gasteiger partial charge in [-0.25, -0.2) is 0 Å². The highest BCUT2D eigenvalue weighted by molar-refractivity contribution is 9.10. The Morgan fingerprint density at radius 2 is 1.83 bits per heavy atom. The lowest BCUT2D eigenvalue weighted by Gasteiger charge is -2.38. The number of benzene rings is 1. The molecule has 3 rings (SSSR count). The van der Waals surface area contributed by atoms with Crippen LogP contribution in [0.2, 0.25) is 0 Å². The lowest BCUT2D eigenvalue weighted by atomic mass is 9.74. The van der Waals surface area contributed by atoms with E-state index in [1.165, 1.54) is 0 Å². The van der Waals surface area contributed by atoms with Gasteiger partial charge in [0.05, 0.1) is 13.2 Å². The van der Waals surface area contributed by atoms with Gasteiger partial charge in [0.15, 0.2) is 10.4 Å². The lowest BCUT2D eigenvalue weighted by Crippen LogP contribution is -2.47. The SMILES string of the molecule is CCOc1ccc(C2(CNC(=O)CNC(=O)c3ccc(Br)o3)CCOCC2)cc1. The Labute approximate surface area is 178 Å². The molecule has 156 valence electrons. The van der Waals surface area contributed by atoms with Gasteiger partial charge in [-0.05, 0) is 65.5 Å². The Morgan fingerprint density at radius 1 is 1.10 bits per heavy atom. The summed E-state index contributed by atoms with van der Waals surface area (Å²) in [5.74, 6) is 0.300. The second-order valence-corrected chi connectivity index (χ2v) is 7.69. The van der Waals surface area contributed by atoms with Crippen molar-refractivity contribution in [2.45, 2.75) is 25.2 Å². The first-order chi connectivity index (χ1) is 14.0. The Bertz CT molecular complexity index is 828. The highest BCUT2D eigenvalue weighted by Crippen LogP contribution is 2.35. The molecule has 0 saturated carbocycles. The summed E-state index contributed by atoms with van der Waals surface area (Å²) in [6.45, 7) is 4.22. The average Bonchev–Trinajstić information content (AvgIpc) is 3.18. The summed E-state index contributed by atoms with van der Waals surface area (Å²) in [5, 5.41) is 5.53. The zero-order valence-electron chi connectivity index (χ0n) is 16.3. The molecular formula is C21H25BrN2O5. The maximum atomic E-state index is 12.3. The number of halogens is 1. The molecule has 1 aromatic heterocycles. The normalized spacial score (nSPS) is 15.5. The zero-order chi connectivity index (χ0) is 20.7. The van der Waals surface area contributed by atoms with E-state index in [4.69, 9.17) is 13.9 Å². The quantitative estimate of drug-likeness (QED) is 0.626. The van der Waals surface area contributed by atoms with Crippen LogP contribution >= 0.6 is 15.9 Å². The fourth-order valence-electron chi connectivity index (χ4n) is 3.42. The van der Waals surface area contributed by atoms with E-state index in [1.54, 1.807) is 12.1 Å². The van der Waals surface area contributed by atoms with Gasteiger partial charge < -0.3 is 24.5 Å². The standard InChI is InChI=1S/C21H25BrN2O5/c1-2-28-16-5-3-15(4-6-16)21(9-11-27-12-10-21)14-24-19(25)13-23-20(26)17-7-8-18(22)29-17/h3-8H,2,9-14H2,1H3,(H,23,26)(H,24,25). The summed E-state index contributed by atoms with van der Waals surface area (Å²) < 4.78 is 16.7. The molecule has 1 fully saturated rings. The Hall–Kier alpha value is -2.32. The van der Waals surface area contributed by atoms with Crippen LogP contribution < -0.4 is 15.4 Å². The monoisotopic (exact) mass is 464 g/mol. The van der Waals surface area contributed by atoms with Crippen molar-refractivity contribution in [2.75, 3.05) is 32.9 Å². The third kappa shape index (κ3) is 5.61. The largest absolute Gasteiger partial charge is 0.494 e. The van der Waals surface area contributed by atoms with Crippen LogP contribution in [0.5, 0.6) is 5.75 Å². The number of hydrogen-bond acceptors (Lipinski definition) is 5. The fourth-order valence-corrected chi connectivity index (χ4v) is 3.72. The smallest absolute Gasteiger partial charge is 0.287 e. The number of amides is 2. The predicted octanol–water partition coefficient (Wildman–Crippen LogP) is 3.04. The van der Waals surface area contributed by atoms with Crippen molar-refractivity contribution in [1.29, 1.82) is 0 Å². The molecule has 1 aromatic carbocycles. The molecule has 0 aliphatic carbocycles. The summed E-state index contributed by atoms with van der Waals surface area (Å²) in [7, 11) is 0. The zero-order valence-corrected chi connectivity index (χ0v) is 17.9. The van der Waals surface area contributed by atoms with Gasteiger partial charge in [-0.15, -0.1) is 0 Å². The third-order valence-electron chi connectivity index (χ3n) is 5.06. The van der Waals surface area contributed by atoms with Gasteiger partial charge in [-0.1, -0.05) is 12.1 Å². The Kier molecular flexibility index (Phi) is 7.33. The molecule has 2 heterocycles. The second-order valence-electron chi connectivity index (χ2n) is 6.91. The van der Waals surface area contributed by atoms with Crippen LogP contribution in [-0.4, -0.2) is 44.7 Å². The second kappa shape index (κ2) is 9.93. The third-order valence-corrected chi connectivity index (χ3v) is 5.48. The fraction of sp³-hybridized carbons (Fsp3) is 0.429. The van der Waals surface area contributed by atoms with Crippen molar-refractivity contribution < 1.29 is 23.5 Å². The van der Waals surface area contributed by atoms with Crippen molar-refractivity contribution in [3.63, 3.8) is 0 Å². The highest BCUT2D eigenvalue weighted by atomic mass is 79.9. The van der Waals surface area contributed by atoms with Crippen LogP contribution in [0.3, 0.4) is 0 Å². The minimum absolute atomic E-state index is 0.118. The van der Waals surface area contributed by atoms with Crippen LogP contribution in [0, 0.1) is 0 Å². The number of furan rings is 1. The molecule has 7 nitrogen and oxygen atoms in total. The predicted molar refractivity (Wildman–Crippen MR) is 111 cm³/mol. The molecule has 2 amide bonds. The van der Waals surface area contributed by atoms with E-state index in [9.17, 15) is 9.59 Å². The molecule has 0 radical (unpaired) electrons. The van der Waals surface area contributed by atoms with Crippen LogP contribution in [-0.2, 0) is 14.9 Å². The maximum Gasteiger partial charge on any atom is 0.287 e. The average molecular weight is 465 g/mol. The molecule has 0 unspecified atom stereocenters. The van der Waals surface area contributed by atoms with E-state index in [2.05, 4.69) is 38.7 Å². The summed E-state index contributed by atoms with van der Waals surface area (Å²) in [6, 6.07) is 11.2.